The van der Waals surface area contributed by atoms with Crippen molar-refractivity contribution in [2.45, 2.75) is 44.3 Å². The summed E-state index contributed by atoms with van der Waals surface area (Å²) in [5.41, 5.74) is 2.53. The Kier molecular flexibility index (Phi) is 8.75. The van der Waals surface area contributed by atoms with Crippen molar-refractivity contribution in [2.24, 2.45) is 0 Å². The number of hydrogen-bond donors (Lipinski definition) is 2. The molecule has 0 spiro atoms. The van der Waals surface area contributed by atoms with Gasteiger partial charge in [0.2, 0.25) is 17.6 Å². The molecule has 1 saturated heterocycles. The molecule has 2 aromatic carbocycles. The summed E-state index contributed by atoms with van der Waals surface area (Å²) in [6.07, 6.45) is 2.94. The van der Waals surface area contributed by atoms with Gasteiger partial charge in [-0.1, -0.05) is 66.7 Å². The van der Waals surface area contributed by atoms with Crippen LogP contribution in [0, 0.1) is 0 Å². The first-order valence-electron chi connectivity index (χ1n) is 12.4. The number of amides is 3. The van der Waals surface area contributed by atoms with Crippen LogP contribution in [0.5, 0.6) is 0 Å². The number of pyridine rings is 1. The number of likely N-dealkylation sites (tertiary alicyclic amines) is 1. The van der Waals surface area contributed by atoms with E-state index in [0.717, 1.165) is 16.8 Å². The van der Waals surface area contributed by atoms with Crippen LogP contribution >= 0.6 is 0 Å². The van der Waals surface area contributed by atoms with Crippen molar-refractivity contribution < 1.29 is 19.2 Å². The molecule has 0 bridgehead atoms. The summed E-state index contributed by atoms with van der Waals surface area (Å²) in [5, 5.41) is 5.42. The zero-order valence-corrected chi connectivity index (χ0v) is 20.5. The van der Waals surface area contributed by atoms with Gasteiger partial charge in [0.05, 0.1) is 0 Å². The quantitative estimate of drug-likeness (QED) is 0.394. The molecular formula is C29H30N4O4. The van der Waals surface area contributed by atoms with Gasteiger partial charge in [-0.2, -0.15) is 0 Å². The summed E-state index contributed by atoms with van der Waals surface area (Å²) < 4.78 is 0. The molecule has 2 heterocycles. The first-order chi connectivity index (χ1) is 18.0. The Morgan fingerprint density at radius 2 is 1.59 bits per heavy atom. The Morgan fingerprint density at radius 3 is 2.27 bits per heavy atom. The van der Waals surface area contributed by atoms with E-state index in [9.17, 15) is 19.2 Å². The highest BCUT2D eigenvalue weighted by Gasteiger charge is 2.38. The maximum Gasteiger partial charge on any atom is 0.289 e. The molecule has 1 aliphatic heterocycles. The van der Waals surface area contributed by atoms with Crippen LogP contribution in [-0.2, 0) is 38.6 Å². The Bertz CT molecular complexity index is 1220. The summed E-state index contributed by atoms with van der Waals surface area (Å²) in [7, 11) is 0. The number of carbonyl (C=O) groups is 4. The van der Waals surface area contributed by atoms with E-state index in [1.165, 1.54) is 0 Å². The fourth-order valence-corrected chi connectivity index (χ4v) is 4.41. The third kappa shape index (κ3) is 7.10. The third-order valence-electron chi connectivity index (χ3n) is 6.36. The number of nitrogens with zero attached hydrogens (tertiary/aromatic N) is 2. The van der Waals surface area contributed by atoms with E-state index in [-0.39, 0.29) is 25.3 Å². The zero-order valence-electron chi connectivity index (χ0n) is 20.5. The van der Waals surface area contributed by atoms with Gasteiger partial charge >= 0.3 is 0 Å². The average Bonchev–Trinajstić information content (AvgIpc) is 3.29. The monoisotopic (exact) mass is 498 g/mol. The zero-order chi connectivity index (χ0) is 26.0. The fraction of sp³-hybridized carbons (Fsp3) is 0.276. The number of carbonyl (C=O) groups excluding carboxylic acids is 4. The second-order valence-electron chi connectivity index (χ2n) is 9.00. The molecule has 2 N–H and O–H groups in total. The van der Waals surface area contributed by atoms with Gasteiger partial charge in [-0.3, -0.25) is 24.2 Å². The second kappa shape index (κ2) is 12.6. The van der Waals surface area contributed by atoms with E-state index in [1.54, 1.807) is 17.2 Å². The normalized spacial score (nSPS) is 15.7. The van der Waals surface area contributed by atoms with Gasteiger partial charge in [0.25, 0.3) is 5.91 Å². The molecule has 1 aromatic heterocycles. The molecule has 0 saturated carbocycles. The third-order valence-corrected chi connectivity index (χ3v) is 6.36. The molecule has 3 amide bonds. The van der Waals surface area contributed by atoms with Crippen LogP contribution < -0.4 is 10.6 Å². The Labute approximate surface area is 216 Å². The topological polar surface area (TPSA) is 108 Å². The van der Waals surface area contributed by atoms with Gasteiger partial charge in [0, 0.05) is 44.2 Å². The van der Waals surface area contributed by atoms with Crippen LogP contribution in [0.1, 0.15) is 29.7 Å². The maximum atomic E-state index is 13.3. The van der Waals surface area contributed by atoms with Crippen molar-refractivity contribution >= 4 is 23.5 Å². The minimum atomic E-state index is -1.06. The largest absolute Gasteiger partial charge is 0.349 e. The Balaban J connectivity index is 1.43. The molecule has 1 aliphatic rings. The molecule has 2 atom stereocenters. The number of aromatic nitrogens is 1. The molecule has 37 heavy (non-hydrogen) atoms. The molecule has 3 aromatic rings. The fourth-order valence-electron chi connectivity index (χ4n) is 4.41. The van der Waals surface area contributed by atoms with Gasteiger partial charge in [0.15, 0.2) is 0 Å². The molecular weight excluding hydrogens is 468 g/mol. The highest BCUT2D eigenvalue weighted by molar-refractivity contribution is 6.38. The van der Waals surface area contributed by atoms with Crippen LogP contribution in [0.2, 0.25) is 0 Å². The molecule has 8 nitrogen and oxygen atoms in total. The second-order valence-corrected chi connectivity index (χ2v) is 9.00. The van der Waals surface area contributed by atoms with E-state index < -0.39 is 29.7 Å². The summed E-state index contributed by atoms with van der Waals surface area (Å²) in [4.78, 5) is 57.5. The van der Waals surface area contributed by atoms with Gasteiger partial charge in [-0.25, -0.2) is 0 Å². The lowest BCUT2D eigenvalue weighted by molar-refractivity contribution is -0.141. The van der Waals surface area contributed by atoms with Crippen molar-refractivity contribution in [3.63, 3.8) is 0 Å². The smallest absolute Gasteiger partial charge is 0.289 e. The van der Waals surface area contributed by atoms with E-state index in [0.29, 0.717) is 19.4 Å². The van der Waals surface area contributed by atoms with E-state index in [4.69, 9.17) is 0 Å². The molecule has 0 aliphatic carbocycles. The summed E-state index contributed by atoms with van der Waals surface area (Å²) >= 11 is 0. The Morgan fingerprint density at radius 1 is 0.919 bits per heavy atom. The molecule has 1 unspecified atom stereocenters. The van der Waals surface area contributed by atoms with Crippen molar-refractivity contribution in [2.75, 3.05) is 6.54 Å². The highest BCUT2D eigenvalue weighted by atomic mass is 16.2. The molecule has 190 valence electrons. The molecule has 8 heteroatoms. The number of ketones is 1. The van der Waals surface area contributed by atoms with Gasteiger partial charge in [0.1, 0.15) is 12.1 Å². The summed E-state index contributed by atoms with van der Waals surface area (Å²) in [6.45, 7) is 0.554. The van der Waals surface area contributed by atoms with Gasteiger partial charge in [-0.15, -0.1) is 0 Å². The number of benzene rings is 2. The first-order valence-corrected chi connectivity index (χ1v) is 12.4. The highest BCUT2D eigenvalue weighted by Crippen LogP contribution is 2.22. The summed E-state index contributed by atoms with van der Waals surface area (Å²) in [5.74, 6) is -2.03. The van der Waals surface area contributed by atoms with Crippen LogP contribution in [0.3, 0.4) is 0 Å². The SMILES string of the molecule is O=C(NCCc1ccccn1)C(=O)C(Cc1ccccc1)NC(=O)[C@@H]1CCC(=O)N1Cc1ccccc1. The van der Waals surface area contributed by atoms with Crippen molar-refractivity contribution in [3.8, 4) is 0 Å². The van der Waals surface area contributed by atoms with E-state index in [2.05, 4.69) is 15.6 Å². The number of rotatable bonds is 11. The number of hydrogen-bond acceptors (Lipinski definition) is 5. The van der Waals surface area contributed by atoms with E-state index >= 15 is 0 Å². The predicted octanol–water partition coefficient (Wildman–Crippen LogP) is 2.23. The van der Waals surface area contributed by atoms with Gasteiger partial charge < -0.3 is 15.5 Å². The minimum Gasteiger partial charge on any atom is -0.349 e. The van der Waals surface area contributed by atoms with Crippen LogP contribution in [0.4, 0.5) is 0 Å². The average molecular weight is 499 g/mol. The predicted molar refractivity (Wildman–Crippen MR) is 138 cm³/mol. The van der Waals surface area contributed by atoms with Crippen molar-refractivity contribution in [1.82, 2.24) is 20.5 Å². The minimum absolute atomic E-state index is 0.109. The summed E-state index contributed by atoms with van der Waals surface area (Å²) in [6, 6.07) is 22.4. The maximum absolute atomic E-state index is 13.3. The molecule has 4 rings (SSSR count). The van der Waals surface area contributed by atoms with Crippen molar-refractivity contribution in [1.29, 1.82) is 0 Å². The Hall–Kier alpha value is -4.33. The standard InChI is InChI=1S/C29H30N4O4/c34-26-15-14-25(33(26)20-22-11-5-2-6-12-22)28(36)32-24(19-21-9-3-1-4-10-21)27(35)29(37)31-18-16-23-13-7-8-17-30-23/h1-13,17,24-25H,14-16,18-20H2,(H,31,37)(H,32,36)/t24?,25-/m0/s1. The lowest BCUT2D eigenvalue weighted by atomic mass is 10.0. The first kappa shape index (κ1) is 25.8. The lowest BCUT2D eigenvalue weighted by Gasteiger charge is -2.26. The van der Waals surface area contributed by atoms with Crippen LogP contribution in [-0.4, -0.2) is 52.0 Å². The molecule has 0 radical (unpaired) electrons. The van der Waals surface area contributed by atoms with Crippen molar-refractivity contribution in [3.05, 3.63) is 102 Å². The van der Waals surface area contributed by atoms with Gasteiger partial charge in [-0.05, 0) is 29.7 Å². The number of Topliss-reactive ketones (excluding diaryl/α,β-unsaturated/α-hetero) is 1. The lowest BCUT2D eigenvalue weighted by Crippen LogP contribution is -2.53. The van der Waals surface area contributed by atoms with E-state index in [1.807, 2.05) is 72.8 Å². The number of nitrogens with one attached hydrogen (secondary N) is 2. The van der Waals surface area contributed by atoms with Crippen LogP contribution in [0.25, 0.3) is 0 Å². The molecule has 1 fully saturated rings. The van der Waals surface area contributed by atoms with Crippen LogP contribution in [0.15, 0.2) is 85.1 Å².